The molecule has 1 aliphatic heterocycles. The summed E-state index contributed by atoms with van der Waals surface area (Å²) in [6, 6.07) is 0.396. The van der Waals surface area contributed by atoms with Crippen molar-refractivity contribution in [3.8, 4) is 0 Å². The molecule has 3 rings (SSSR count). The van der Waals surface area contributed by atoms with Crippen molar-refractivity contribution >= 4 is 11.9 Å². The van der Waals surface area contributed by atoms with Gasteiger partial charge in [0.15, 0.2) is 0 Å². The smallest absolute Gasteiger partial charge is 0.0608 e. The Labute approximate surface area is 94.5 Å². The van der Waals surface area contributed by atoms with Crippen LogP contribution in [-0.2, 0) is 0 Å². The standard InChI is InChI=1S/C13H13NS/c1-2-6-11-10(5-1)9-15-14-13-8-4-3-7-12(11)13/h1-5,7-8,13-14H,6,9H2. The molecular weight excluding hydrogens is 202 g/mol. The van der Waals surface area contributed by atoms with Crippen molar-refractivity contribution in [3.63, 3.8) is 0 Å². The van der Waals surface area contributed by atoms with Crippen molar-refractivity contribution < 1.29 is 0 Å². The molecule has 0 radical (unpaired) electrons. The van der Waals surface area contributed by atoms with Crippen LogP contribution in [0.5, 0.6) is 0 Å². The minimum absolute atomic E-state index is 0.396. The summed E-state index contributed by atoms with van der Waals surface area (Å²) < 4.78 is 3.49. The van der Waals surface area contributed by atoms with Crippen LogP contribution in [0.4, 0.5) is 0 Å². The lowest BCUT2D eigenvalue weighted by Crippen LogP contribution is -2.23. The average Bonchev–Trinajstić information content (AvgIpc) is 2.48. The molecule has 2 aliphatic carbocycles. The van der Waals surface area contributed by atoms with Gasteiger partial charge in [-0.2, -0.15) is 0 Å². The van der Waals surface area contributed by atoms with Crippen LogP contribution in [0.1, 0.15) is 6.42 Å². The zero-order chi connectivity index (χ0) is 10.1. The Balaban J connectivity index is 2.10. The fraction of sp³-hybridized carbons (Fsp3) is 0.231. The number of allylic oxidation sites excluding steroid dienone is 6. The Hall–Kier alpha value is -0.990. The minimum atomic E-state index is 0.396. The first-order chi connectivity index (χ1) is 7.45. The zero-order valence-corrected chi connectivity index (χ0v) is 9.26. The summed E-state index contributed by atoms with van der Waals surface area (Å²) in [5.41, 5.74) is 4.44. The predicted octanol–water partition coefficient (Wildman–Crippen LogP) is 2.92. The Morgan fingerprint density at radius 3 is 3.27 bits per heavy atom. The molecule has 1 nitrogen and oxygen atoms in total. The number of nitrogens with one attached hydrogen (secondary N) is 1. The third kappa shape index (κ3) is 1.64. The number of fused-ring (bicyclic) bond motifs is 2. The quantitative estimate of drug-likeness (QED) is 0.624. The highest BCUT2D eigenvalue weighted by Gasteiger charge is 2.21. The van der Waals surface area contributed by atoms with Crippen LogP contribution in [0.2, 0.25) is 0 Å². The molecule has 3 aliphatic rings. The van der Waals surface area contributed by atoms with E-state index in [2.05, 4.69) is 47.3 Å². The number of hydrogen-bond donors (Lipinski definition) is 1. The Kier molecular flexibility index (Phi) is 2.39. The second-order valence-electron chi connectivity index (χ2n) is 3.89. The maximum absolute atomic E-state index is 3.49. The lowest BCUT2D eigenvalue weighted by atomic mass is 9.89. The molecule has 0 spiro atoms. The summed E-state index contributed by atoms with van der Waals surface area (Å²) in [6.45, 7) is 0. The van der Waals surface area contributed by atoms with Gasteiger partial charge in [0.05, 0.1) is 6.04 Å². The second-order valence-corrected chi connectivity index (χ2v) is 4.70. The van der Waals surface area contributed by atoms with Gasteiger partial charge in [0, 0.05) is 5.75 Å². The van der Waals surface area contributed by atoms with Gasteiger partial charge in [-0.1, -0.05) is 54.5 Å². The Bertz CT molecular complexity index is 424. The van der Waals surface area contributed by atoms with Crippen LogP contribution in [0.3, 0.4) is 0 Å². The topological polar surface area (TPSA) is 12.0 Å². The van der Waals surface area contributed by atoms with E-state index in [1.54, 1.807) is 0 Å². The molecule has 0 bridgehead atoms. The SMILES string of the molecule is C1=CCC2=C3C=CC=CC3NSCC2=C1. The van der Waals surface area contributed by atoms with E-state index in [0.717, 1.165) is 12.2 Å². The van der Waals surface area contributed by atoms with E-state index in [0.29, 0.717) is 6.04 Å². The van der Waals surface area contributed by atoms with Crippen molar-refractivity contribution in [2.24, 2.45) is 0 Å². The molecule has 1 atom stereocenters. The molecule has 1 heterocycles. The summed E-state index contributed by atoms with van der Waals surface area (Å²) in [6.07, 6.45) is 16.5. The van der Waals surface area contributed by atoms with Crippen LogP contribution in [0.15, 0.2) is 59.3 Å². The Morgan fingerprint density at radius 2 is 2.27 bits per heavy atom. The van der Waals surface area contributed by atoms with Crippen LogP contribution in [0.25, 0.3) is 0 Å². The monoisotopic (exact) mass is 215 g/mol. The van der Waals surface area contributed by atoms with Gasteiger partial charge in [0.1, 0.15) is 0 Å². The largest absolute Gasteiger partial charge is 0.252 e. The highest BCUT2D eigenvalue weighted by Crippen LogP contribution is 2.32. The van der Waals surface area contributed by atoms with Crippen molar-refractivity contribution in [1.82, 2.24) is 4.72 Å². The molecular formula is C13H13NS. The van der Waals surface area contributed by atoms with Gasteiger partial charge in [-0.15, -0.1) is 0 Å². The van der Waals surface area contributed by atoms with Gasteiger partial charge in [0.2, 0.25) is 0 Å². The van der Waals surface area contributed by atoms with Crippen LogP contribution in [-0.4, -0.2) is 11.8 Å². The van der Waals surface area contributed by atoms with Gasteiger partial charge < -0.3 is 0 Å². The highest BCUT2D eigenvalue weighted by atomic mass is 32.2. The normalized spacial score (nSPS) is 28.3. The predicted molar refractivity (Wildman–Crippen MR) is 66.5 cm³/mol. The lowest BCUT2D eigenvalue weighted by molar-refractivity contribution is 0.883. The molecule has 0 aromatic heterocycles. The molecule has 0 amide bonds. The average molecular weight is 215 g/mol. The van der Waals surface area contributed by atoms with Crippen molar-refractivity contribution in [2.45, 2.75) is 12.5 Å². The summed E-state index contributed by atoms with van der Waals surface area (Å²) in [4.78, 5) is 0. The molecule has 76 valence electrons. The van der Waals surface area contributed by atoms with E-state index in [1.807, 2.05) is 11.9 Å². The molecule has 0 fully saturated rings. The van der Waals surface area contributed by atoms with E-state index in [1.165, 1.54) is 16.7 Å². The molecule has 0 saturated heterocycles. The lowest BCUT2D eigenvalue weighted by Gasteiger charge is -2.19. The fourth-order valence-electron chi connectivity index (χ4n) is 2.18. The van der Waals surface area contributed by atoms with Crippen LogP contribution in [0, 0.1) is 0 Å². The maximum Gasteiger partial charge on any atom is 0.0608 e. The molecule has 2 heteroatoms. The zero-order valence-electron chi connectivity index (χ0n) is 8.44. The van der Waals surface area contributed by atoms with E-state index >= 15 is 0 Å². The van der Waals surface area contributed by atoms with Gasteiger partial charge >= 0.3 is 0 Å². The molecule has 15 heavy (non-hydrogen) atoms. The first-order valence-electron chi connectivity index (χ1n) is 5.26. The van der Waals surface area contributed by atoms with Gasteiger partial charge in [0.25, 0.3) is 0 Å². The van der Waals surface area contributed by atoms with Gasteiger partial charge in [-0.25, -0.2) is 0 Å². The van der Waals surface area contributed by atoms with Crippen molar-refractivity contribution in [1.29, 1.82) is 0 Å². The van der Waals surface area contributed by atoms with Crippen molar-refractivity contribution in [3.05, 3.63) is 59.3 Å². The highest BCUT2D eigenvalue weighted by molar-refractivity contribution is 7.97. The summed E-state index contributed by atoms with van der Waals surface area (Å²) in [7, 11) is 0. The molecule has 0 aromatic rings. The van der Waals surface area contributed by atoms with E-state index in [-0.39, 0.29) is 0 Å². The second kappa shape index (κ2) is 3.87. The maximum atomic E-state index is 3.49. The van der Waals surface area contributed by atoms with Gasteiger partial charge in [-0.05, 0) is 23.1 Å². The summed E-state index contributed by atoms with van der Waals surface area (Å²) >= 11 is 1.81. The van der Waals surface area contributed by atoms with Gasteiger partial charge in [-0.3, -0.25) is 4.72 Å². The third-order valence-electron chi connectivity index (χ3n) is 2.96. The molecule has 0 aromatic carbocycles. The van der Waals surface area contributed by atoms with Crippen LogP contribution < -0.4 is 4.72 Å². The first-order valence-corrected chi connectivity index (χ1v) is 6.25. The van der Waals surface area contributed by atoms with E-state index in [9.17, 15) is 0 Å². The summed E-state index contributed by atoms with van der Waals surface area (Å²) in [5.74, 6) is 1.07. The number of rotatable bonds is 0. The van der Waals surface area contributed by atoms with Crippen LogP contribution >= 0.6 is 11.9 Å². The van der Waals surface area contributed by atoms with E-state index < -0.39 is 0 Å². The van der Waals surface area contributed by atoms with E-state index in [4.69, 9.17) is 0 Å². The summed E-state index contributed by atoms with van der Waals surface area (Å²) in [5, 5.41) is 0. The number of hydrogen-bond acceptors (Lipinski definition) is 2. The fourth-order valence-corrected chi connectivity index (χ4v) is 3.08. The molecule has 1 N–H and O–H groups in total. The minimum Gasteiger partial charge on any atom is -0.252 e. The first kappa shape index (κ1) is 9.25. The third-order valence-corrected chi connectivity index (χ3v) is 3.83. The van der Waals surface area contributed by atoms with Crippen molar-refractivity contribution in [2.75, 3.05) is 5.75 Å². The molecule has 1 unspecified atom stereocenters. The Morgan fingerprint density at radius 1 is 1.27 bits per heavy atom. The molecule has 0 saturated carbocycles.